The van der Waals surface area contributed by atoms with Gasteiger partial charge in [0.05, 0.1) is 17.7 Å². The molecular formula is C33H35ClF2N6O6S. The zero-order valence-electron chi connectivity index (χ0n) is 26.8. The largest absolute Gasteiger partial charge is 0.476 e. The van der Waals surface area contributed by atoms with Crippen molar-refractivity contribution in [3.8, 4) is 16.9 Å². The molecule has 2 aliphatic heterocycles. The Morgan fingerprint density at radius 2 is 1.84 bits per heavy atom. The summed E-state index contributed by atoms with van der Waals surface area (Å²) in [6.45, 7) is 4.36. The van der Waals surface area contributed by atoms with E-state index < -0.39 is 70.2 Å². The summed E-state index contributed by atoms with van der Waals surface area (Å²) >= 11 is 6.26. The van der Waals surface area contributed by atoms with E-state index >= 15 is 4.39 Å². The van der Waals surface area contributed by atoms with Gasteiger partial charge < -0.3 is 25.4 Å². The van der Waals surface area contributed by atoms with Crippen LogP contribution in [-0.2, 0) is 30.9 Å². The highest BCUT2D eigenvalue weighted by Crippen LogP contribution is 2.39. The molecule has 2 saturated heterocycles. The van der Waals surface area contributed by atoms with E-state index in [1.807, 2.05) is 0 Å². The van der Waals surface area contributed by atoms with E-state index in [1.54, 1.807) is 63.2 Å². The van der Waals surface area contributed by atoms with Crippen molar-refractivity contribution in [2.45, 2.75) is 63.8 Å². The van der Waals surface area contributed by atoms with Gasteiger partial charge in [-0.2, -0.15) is 5.10 Å². The lowest BCUT2D eigenvalue weighted by atomic mass is 10.0. The summed E-state index contributed by atoms with van der Waals surface area (Å²) in [5, 5.41) is 7.98. The smallest absolute Gasteiger partial charge is 0.247 e. The summed E-state index contributed by atoms with van der Waals surface area (Å²) in [7, 11) is -3.79. The number of nitrogens with two attached hydrogens (primary N) is 1. The number of halogens is 3. The zero-order valence-corrected chi connectivity index (χ0v) is 28.4. The Hall–Kier alpha value is -4.15. The topological polar surface area (TPSA) is 161 Å². The number of hydrogen-bond acceptors (Lipinski definition) is 8. The number of amides is 2. The highest BCUT2D eigenvalue weighted by molar-refractivity contribution is 7.89. The fourth-order valence-corrected chi connectivity index (χ4v) is 7.37. The number of carbonyl (C=O) groups is 2. The average Bonchev–Trinajstić information content (AvgIpc) is 3.45. The molecule has 4 aromatic rings. The number of anilines is 1. The number of aromatic nitrogens is 2. The van der Waals surface area contributed by atoms with Crippen molar-refractivity contribution < 1.29 is 36.3 Å². The van der Waals surface area contributed by atoms with Crippen LogP contribution in [0.25, 0.3) is 22.0 Å². The SMILES string of the molecule is CC(C)(C)NS(=O)(=O)COc1ccc2c(C3OC3N)nn(CC(=O)N3CC(F)CC3C(=O)Nc3cccc(-c4ccccc4Cl)c3F)c2c1. The first-order chi connectivity index (χ1) is 23.1. The minimum Gasteiger partial charge on any atom is -0.476 e. The Bertz CT molecular complexity index is 2040. The second kappa shape index (κ2) is 13.3. The van der Waals surface area contributed by atoms with E-state index in [2.05, 4.69) is 15.1 Å². The molecule has 2 fully saturated rings. The fourth-order valence-electron chi connectivity index (χ4n) is 5.85. The lowest BCUT2D eigenvalue weighted by Crippen LogP contribution is -2.44. The molecule has 12 nitrogen and oxygen atoms in total. The molecule has 1 aromatic heterocycles. The van der Waals surface area contributed by atoms with Gasteiger partial charge in [0.15, 0.2) is 5.82 Å². The van der Waals surface area contributed by atoms with Crippen LogP contribution in [0, 0.1) is 5.82 Å². The number of nitrogens with zero attached hydrogens (tertiary/aromatic N) is 3. The van der Waals surface area contributed by atoms with Gasteiger partial charge in [-0.3, -0.25) is 14.3 Å². The van der Waals surface area contributed by atoms with Crippen molar-refractivity contribution in [1.82, 2.24) is 19.4 Å². The van der Waals surface area contributed by atoms with E-state index in [1.165, 1.54) is 22.9 Å². The maximum absolute atomic E-state index is 15.6. The van der Waals surface area contributed by atoms with Crippen molar-refractivity contribution in [1.29, 1.82) is 0 Å². The van der Waals surface area contributed by atoms with Gasteiger partial charge in [-0.15, -0.1) is 0 Å². The lowest BCUT2D eigenvalue weighted by Gasteiger charge is -2.24. The summed E-state index contributed by atoms with van der Waals surface area (Å²) in [5.74, 6) is -2.57. The van der Waals surface area contributed by atoms with Gasteiger partial charge in [0.2, 0.25) is 27.8 Å². The average molecular weight is 717 g/mol. The molecule has 0 bridgehead atoms. The third-order valence-electron chi connectivity index (χ3n) is 7.97. The fraction of sp³-hybridized carbons (Fsp3) is 0.364. The van der Waals surface area contributed by atoms with Crippen LogP contribution in [0.3, 0.4) is 0 Å². The van der Waals surface area contributed by atoms with Crippen LogP contribution in [0.4, 0.5) is 14.5 Å². The Morgan fingerprint density at radius 1 is 1.12 bits per heavy atom. The summed E-state index contributed by atoms with van der Waals surface area (Å²) in [5.41, 5.74) is 6.50. The Balaban J connectivity index is 1.22. The molecule has 2 aliphatic rings. The Labute approximate surface area is 286 Å². The molecule has 16 heteroatoms. The van der Waals surface area contributed by atoms with Gasteiger partial charge in [-0.1, -0.05) is 41.9 Å². The first kappa shape index (κ1) is 34.7. The van der Waals surface area contributed by atoms with Crippen molar-refractivity contribution in [3.05, 3.63) is 77.2 Å². The molecule has 6 rings (SSSR count). The van der Waals surface area contributed by atoms with Gasteiger partial charge in [0, 0.05) is 39.6 Å². The van der Waals surface area contributed by atoms with Crippen LogP contribution in [0.5, 0.6) is 5.75 Å². The number of hydrogen-bond donors (Lipinski definition) is 3. The van der Waals surface area contributed by atoms with Gasteiger partial charge in [-0.05, 0) is 45.0 Å². The first-order valence-corrected chi connectivity index (χ1v) is 17.5. The molecule has 4 N–H and O–H groups in total. The normalized spacial score (nSPS) is 20.8. The second-order valence-corrected chi connectivity index (χ2v) is 15.1. The van der Waals surface area contributed by atoms with Crippen LogP contribution in [0.15, 0.2) is 60.7 Å². The third-order valence-corrected chi connectivity index (χ3v) is 9.65. The number of epoxide rings is 1. The number of alkyl halides is 1. The second-order valence-electron chi connectivity index (χ2n) is 13.0. The molecule has 3 aromatic carbocycles. The molecule has 260 valence electrons. The van der Waals surface area contributed by atoms with Crippen LogP contribution < -0.4 is 20.5 Å². The van der Waals surface area contributed by atoms with E-state index in [9.17, 15) is 22.4 Å². The Morgan fingerprint density at radius 3 is 2.53 bits per heavy atom. The Kier molecular flexibility index (Phi) is 9.41. The van der Waals surface area contributed by atoms with Gasteiger partial charge in [-0.25, -0.2) is 21.9 Å². The highest BCUT2D eigenvalue weighted by Gasteiger charge is 2.42. The number of sulfonamides is 1. The van der Waals surface area contributed by atoms with Crippen LogP contribution in [-0.4, -0.2) is 71.4 Å². The predicted molar refractivity (Wildman–Crippen MR) is 179 cm³/mol. The van der Waals surface area contributed by atoms with E-state index in [0.717, 1.165) is 4.90 Å². The summed E-state index contributed by atoms with van der Waals surface area (Å²) in [4.78, 5) is 28.2. The highest BCUT2D eigenvalue weighted by atomic mass is 35.5. The molecule has 0 saturated carbocycles. The molecule has 0 aliphatic carbocycles. The van der Waals surface area contributed by atoms with E-state index in [4.69, 9.17) is 26.8 Å². The van der Waals surface area contributed by atoms with Gasteiger partial charge >= 0.3 is 0 Å². The zero-order chi connectivity index (χ0) is 35.2. The molecule has 2 amide bonds. The number of benzene rings is 3. The molecule has 3 heterocycles. The van der Waals surface area contributed by atoms with E-state index in [-0.39, 0.29) is 30.0 Å². The van der Waals surface area contributed by atoms with Crippen molar-refractivity contribution in [2.24, 2.45) is 5.73 Å². The standard InChI is InChI=1S/C33H35ClF2N6O6S/c1-33(2,3)40-49(45,46)17-47-19-11-12-22-25(14-19)42(39-29(22)30-31(37)48-30)16-27(43)41-15-18(35)13-26(41)32(44)38-24-10-6-8-21(28(24)36)20-7-4-5-9-23(20)34/h4-12,14,18,26,30-31,40H,13,15-17,37H2,1-3H3,(H,38,44). The molecule has 4 unspecified atom stereocenters. The lowest BCUT2D eigenvalue weighted by molar-refractivity contribution is -0.137. The first-order valence-electron chi connectivity index (χ1n) is 15.4. The van der Waals surface area contributed by atoms with Crippen LogP contribution in [0.2, 0.25) is 5.02 Å². The minimum absolute atomic E-state index is 0.146. The minimum atomic E-state index is -3.79. The van der Waals surface area contributed by atoms with Crippen LogP contribution >= 0.6 is 11.6 Å². The maximum Gasteiger partial charge on any atom is 0.247 e. The molecule has 0 radical (unpaired) electrons. The summed E-state index contributed by atoms with van der Waals surface area (Å²) < 4.78 is 70.2. The predicted octanol–water partition coefficient (Wildman–Crippen LogP) is 4.48. The van der Waals surface area contributed by atoms with Gasteiger partial charge in [0.1, 0.15) is 42.5 Å². The number of nitrogens with one attached hydrogen (secondary N) is 2. The molecule has 4 atom stereocenters. The number of likely N-dealkylation sites (tertiary alicyclic amines) is 1. The van der Waals surface area contributed by atoms with E-state index in [0.29, 0.717) is 27.2 Å². The summed E-state index contributed by atoms with van der Waals surface area (Å²) in [6.07, 6.45) is -2.90. The number of ether oxygens (including phenoxy) is 2. The van der Waals surface area contributed by atoms with Gasteiger partial charge in [0.25, 0.3) is 0 Å². The molecular weight excluding hydrogens is 682 g/mol. The van der Waals surface area contributed by atoms with Crippen molar-refractivity contribution in [2.75, 3.05) is 17.8 Å². The monoisotopic (exact) mass is 716 g/mol. The summed E-state index contributed by atoms with van der Waals surface area (Å²) in [6, 6.07) is 14.6. The number of fused-ring (bicyclic) bond motifs is 1. The number of rotatable bonds is 10. The number of carbonyl (C=O) groups excluding carboxylic acids is 2. The van der Waals surface area contributed by atoms with Crippen molar-refractivity contribution in [3.63, 3.8) is 0 Å². The van der Waals surface area contributed by atoms with Crippen molar-refractivity contribution >= 4 is 50.0 Å². The van der Waals surface area contributed by atoms with Crippen LogP contribution in [0.1, 0.15) is 39.0 Å². The molecule has 0 spiro atoms. The maximum atomic E-state index is 15.6. The molecule has 49 heavy (non-hydrogen) atoms. The quantitative estimate of drug-likeness (QED) is 0.203. The third kappa shape index (κ3) is 7.70.